The maximum atomic E-state index is 13.4. The first-order valence-corrected chi connectivity index (χ1v) is 13.0. The summed E-state index contributed by atoms with van der Waals surface area (Å²) < 4.78 is 0. The summed E-state index contributed by atoms with van der Waals surface area (Å²) in [4.78, 5) is 34.5. The van der Waals surface area contributed by atoms with E-state index in [9.17, 15) is 9.59 Å². The molecule has 5 nitrogen and oxygen atoms in total. The number of anilines is 1. The molecule has 0 bridgehead atoms. The first-order valence-electron chi connectivity index (χ1n) is 12.0. The van der Waals surface area contributed by atoms with Crippen molar-refractivity contribution < 1.29 is 9.59 Å². The van der Waals surface area contributed by atoms with Crippen molar-refractivity contribution in [1.82, 2.24) is 4.90 Å². The first-order chi connectivity index (χ1) is 16.3. The van der Waals surface area contributed by atoms with Crippen LogP contribution >= 0.6 is 11.8 Å². The van der Waals surface area contributed by atoms with Crippen molar-refractivity contribution in [2.24, 2.45) is 10.9 Å². The molecule has 0 N–H and O–H groups in total. The van der Waals surface area contributed by atoms with Crippen LogP contribution in [-0.4, -0.2) is 40.7 Å². The van der Waals surface area contributed by atoms with Crippen molar-refractivity contribution in [2.75, 3.05) is 23.7 Å². The van der Waals surface area contributed by atoms with Gasteiger partial charge in [-0.1, -0.05) is 74.5 Å². The Hall–Kier alpha value is -2.86. The molecule has 0 spiro atoms. The van der Waals surface area contributed by atoms with E-state index < -0.39 is 0 Å². The molecular formula is C28H33N3O2S. The van der Waals surface area contributed by atoms with Crippen LogP contribution in [-0.2, 0) is 9.59 Å². The minimum Gasteiger partial charge on any atom is -0.342 e. The standard InChI is InChI=1S/C28H33N3O2S/c1-19(2)23-9-7-22(8-10-23)17-25-27(33)31(24-11-5-20(3)6-12-24)28(29-25)34-18-26(32)30-15-13-21(4)14-16-30/h5-12,17,19,21H,13-16,18H2,1-4H3. The van der Waals surface area contributed by atoms with Crippen LogP contribution in [0.1, 0.15) is 56.2 Å². The van der Waals surface area contributed by atoms with Gasteiger partial charge in [0.05, 0.1) is 11.4 Å². The van der Waals surface area contributed by atoms with Crippen LogP contribution in [0.3, 0.4) is 0 Å². The van der Waals surface area contributed by atoms with Crippen molar-refractivity contribution in [3.63, 3.8) is 0 Å². The highest BCUT2D eigenvalue weighted by Crippen LogP contribution is 2.30. The van der Waals surface area contributed by atoms with Crippen molar-refractivity contribution in [2.45, 2.75) is 46.5 Å². The van der Waals surface area contributed by atoms with Gasteiger partial charge in [-0.3, -0.25) is 14.5 Å². The monoisotopic (exact) mass is 475 g/mol. The van der Waals surface area contributed by atoms with Crippen molar-refractivity contribution >= 4 is 40.5 Å². The van der Waals surface area contributed by atoms with Gasteiger partial charge in [0.15, 0.2) is 5.17 Å². The Kier molecular flexibility index (Phi) is 7.57. The molecule has 0 saturated carbocycles. The minimum atomic E-state index is -0.168. The van der Waals surface area contributed by atoms with Crippen molar-refractivity contribution in [3.8, 4) is 0 Å². The normalized spacial score (nSPS) is 18.2. The van der Waals surface area contributed by atoms with Gasteiger partial charge >= 0.3 is 0 Å². The highest BCUT2D eigenvalue weighted by molar-refractivity contribution is 8.14. The Balaban J connectivity index is 1.56. The number of amidine groups is 1. The van der Waals surface area contributed by atoms with Crippen LogP contribution in [0.15, 0.2) is 59.2 Å². The average molecular weight is 476 g/mol. The zero-order valence-electron chi connectivity index (χ0n) is 20.5. The lowest BCUT2D eigenvalue weighted by Gasteiger charge is -2.30. The largest absolute Gasteiger partial charge is 0.342 e. The van der Waals surface area contributed by atoms with E-state index in [0.717, 1.165) is 42.7 Å². The molecular weight excluding hydrogens is 442 g/mol. The maximum Gasteiger partial charge on any atom is 0.283 e. The molecule has 4 rings (SSSR count). The summed E-state index contributed by atoms with van der Waals surface area (Å²) in [7, 11) is 0. The smallest absolute Gasteiger partial charge is 0.283 e. The number of nitrogens with zero attached hydrogens (tertiary/aromatic N) is 3. The molecule has 0 aliphatic carbocycles. The van der Waals surface area contributed by atoms with Gasteiger partial charge in [-0.15, -0.1) is 0 Å². The maximum absolute atomic E-state index is 13.4. The second kappa shape index (κ2) is 10.6. The Morgan fingerprint density at radius 1 is 1.09 bits per heavy atom. The van der Waals surface area contributed by atoms with E-state index in [-0.39, 0.29) is 17.6 Å². The number of hydrogen-bond donors (Lipinski definition) is 0. The Morgan fingerprint density at radius 2 is 1.74 bits per heavy atom. The molecule has 2 amide bonds. The second-order valence-corrected chi connectivity index (χ2v) is 10.5. The molecule has 2 heterocycles. The van der Waals surface area contributed by atoms with Gasteiger partial charge in [-0.25, -0.2) is 4.99 Å². The fraction of sp³-hybridized carbons (Fsp3) is 0.393. The molecule has 1 saturated heterocycles. The van der Waals surface area contributed by atoms with Crippen LogP contribution in [0.4, 0.5) is 5.69 Å². The van der Waals surface area contributed by atoms with E-state index in [2.05, 4.69) is 37.9 Å². The summed E-state index contributed by atoms with van der Waals surface area (Å²) in [5.74, 6) is 1.34. The summed E-state index contributed by atoms with van der Waals surface area (Å²) in [6, 6.07) is 16.0. The molecule has 6 heteroatoms. The minimum absolute atomic E-state index is 0.109. The van der Waals surface area contributed by atoms with Gasteiger partial charge in [0.2, 0.25) is 5.91 Å². The third kappa shape index (κ3) is 5.61. The van der Waals surface area contributed by atoms with Gasteiger partial charge in [0, 0.05) is 13.1 Å². The Labute approximate surface area is 206 Å². The fourth-order valence-corrected chi connectivity index (χ4v) is 5.04. The predicted octanol–water partition coefficient (Wildman–Crippen LogP) is 5.85. The number of thioether (sulfide) groups is 1. The SMILES string of the molecule is Cc1ccc(N2C(=O)C(=Cc3ccc(C(C)C)cc3)N=C2SCC(=O)N2CCC(C)CC2)cc1. The highest BCUT2D eigenvalue weighted by Gasteiger charge is 2.33. The zero-order valence-corrected chi connectivity index (χ0v) is 21.3. The summed E-state index contributed by atoms with van der Waals surface area (Å²) in [6.45, 7) is 10.2. The lowest BCUT2D eigenvalue weighted by Crippen LogP contribution is -2.39. The number of rotatable bonds is 5. The number of aryl methyl sites for hydroxylation is 1. The number of amides is 2. The lowest BCUT2D eigenvalue weighted by molar-refractivity contribution is -0.129. The van der Waals surface area contributed by atoms with Crippen LogP contribution in [0, 0.1) is 12.8 Å². The summed E-state index contributed by atoms with van der Waals surface area (Å²) in [5, 5.41) is 0.553. The van der Waals surface area contributed by atoms with Crippen molar-refractivity contribution in [3.05, 3.63) is 70.9 Å². The quantitative estimate of drug-likeness (QED) is 0.510. The van der Waals surface area contributed by atoms with Crippen LogP contribution in [0.2, 0.25) is 0 Å². The Bertz CT molecular complexity index is 1100. The van der Waals surface area contributed by atoms with Crippen LogP contribution in [0.25, 0.3) is 6.08 Å². The van der Waals surface area contributed by atoms with E-state index >= 15 is 0 Å². The Morgan fingerprint density at radius 3 is 2.35 bits per heavy atom. The van der Waals surface area contributed by atoms with Crippen LogP contribution < -0.4 is 4.90 Å². The second-order valence-electron chi connectivity index (χ2n) is 9.57. The van der Waals surface area contributed by atoms with Gasteiger partial charge in [0.1, 0.15) is 5.70 Å². The molecule has 2 aromatic rings. The molecule has 178 valence electrons. The van der Waals surface area contributed by atoms with E-state index in [1.54, 1.807) is 4.90 Å². The topological polar surface area (TPSA) is 53.0 Å². The first kappa shape index (κ1) is 24.3. The van der Waals surface area contributed by atoms with Crippen molar-refractivity contribution in [1.29, 1.82) is 0 Å². The number of carbonyl (C=O) groups excluding carboxylic acids is 2. The molecule has 0 unspecified atom stereocenters. The predicted molar refractivity (Wildman–Crippen MR) is 142 cm³/mol. The van der Waals surface area contributed by atoms with E-state index in [4.69, 9.17) is 0 Å². The lowest BCUT2D eigenvalue weighted by atomic mass is 9.99. The van der Waals surface area contributed by atoms with E-state index in [0.29, 0.717) is 22.7 Å². The number of aliphatic imine (C=N–C) groups is 1. The van der Waals surface area contributed by atoms with Gasteiger partial charge in [-0.2, -0.15) is 0 Å². The molecule has 34 heavy (non-hydrogen) atoms. The summed E-state index contributed by atoms with van der Waals surface area (Å²) >= 11 is 1.34. The fourth-order valence-electron chi connectivity index (χ4n) is 4.13. The van der Waals surface area contributed by atoms with E-state index in [1.807, 2.05) is 54.3 Å². The third-order valence-electron chi connectivity index (χ3n) is 6.49. The highest BCUT2D eigenvalue weighted by atomic mass is 32.2. The molecule has 2 aliphatic rings. The molecule has 1 fully saturated rings. The number of hydrogen-bond acceptors (Lipinski definition) is 4. The number of benzene rings is 2. The summed E-state index contributed by atoms with van der Waals surface area (Å²) in [6.07, 6.45) is 3.93. The number of piperidine rings is 1. The molecule has 2 aliphatic heterocycles. The number of carbonyl (C=O) groups is 2. The van der Waals surface area contributed by atoms with Gasteiger partial charge < -0.3 is 4.90 Å². The average Bonchev–Trinajstić information content (AvgIpc) is 3.13. The number of likely N-dealkylation sites (tertiary alicyclic amines) is 1. The van der Waals surface area contributed by atoms with E-state index in [1.165, 1.54) is 17.3 Å². The zero-order chi connectivity index (χ0) is 24.2. The molecule has 0 atom stereocenters. The van der Waals surface area contributed by atoms with Crippen LogP contribution in [0.5, 0.6) is 0 Å². The molecule has 0 aromatic heterocycles. The molecule has 2 aromatic carbocycles. The molecule has 0 radical (unpaired) electrons. The van der Waals surface area contributed by atoms with Gasteiger partial charge in [0.25, 0.3) is 5.91 Å². The summed E-state index contributed by atoms with van der Waals surface area (Å²) in [5.41, 5.74) is 4.47. The third-order valence-corrected chi connectivity index (χ3v) is 7.41. The van der Waals surface area contributed by atoms with Gasteiger partial charge in [-0.05, 0) is 60.9 Å².